The molecule has 0 saturated heterocycles. The number of hydrogen-bond donors (Lipinski definition) is 3. The zero-order valence-corrected chi connectivity index (χ0v) is 61.3. The van der Waals surface area contributed by atoms with Gasteiger partial charge in [-0.15, -0.1) is 0 Å². The van der Waals surface area contributed by atoms with Crippen LogP contribution < -0.4 is 0 Å². The quantitative estimate of drug-likeness (QED) is 0.0222. The van der Waals surface area contributed by atoms with Crippen molar-refractivity contribution in [1.82, 2.24) is 0 Å². The van der Waals surface area contributed by atoms with Crippen LogP contribution in [0.4, 0.5) is 0 Å². The molecule has 0 aromatic carbocycles. The van der Waals surface area contributed by atoms with Crippen molar-refractivity contribution < 1.29 is 80.2 Å². The van der Waals surface area contributed by atoms with Crippen molar-refractivity contribution in [3.63, 3.8) is 0 Å². The first-order valence-electron chi connectivity index (χ1n) is 37.2. The van der Waals surface area contributed by atoms with Gasteiger partial charge in [-0.3, -0.25) is 37.3 Å². The number of carbonyl (C=O) groups is 4. The molecule has 0 aliphatic rings. The Hall–Kier alpha value is -1.94. The molecule has 17 nitrogen and oxygen atoms in total. The summed E-state index contributed by atoms with van der Waals surface area (Å²) in [6.07, 6.45) is 44.8. The first-order chi connectivity index (χ1) is 43.6. The van der Waals surface area contributed by atoms with Gasteiger partial charge in [0.15, 0.2) is 12.2 Å². The number of carbonyl (C=O) groups excluding carboxylic acids is 4. The van der Waals surface area contributed by atoms with Crippen LogP contribution in [0.1, 0.15) is 357 Å². The number of hydrogen-bond acceptors (Lipinski definition) is 15. The molecule has 0 radical (unpaired) electrons. The molecule has 0 aliphatic heterocycles. The van der Waals surface area contributed by atoms with E-state index in [0.717, 1.165) is 108 Å². The van der Waals surface area contributed by atoms with Gasteiger partial charge in [0, 0.05) is 25.7 Å². The maximum absolute atomic E-state index is 13.0. The molecule has 0 heterocycles. The number of phosphoric ester groups is 2. The highest BCUT2D eigenvalue weighted by Crippen LogP contribution is 2.45. The van der Waals surface area contributed by atoms with E-state index < -0.39 is 97.5 Å². The molecule has 2 unspecified atom stereocenters. The summed E-state index contributed by atoms with van der Waals surface area (Å²) in [5.41, 5.74) is 0. The second-order valence-corrected chi connectivity index (χ2v) is 30.8. The third kappa shape index (κ3) is 66.5. The maximum atomic E-state index is 13.0. The number of phosphoric acid groups is 2. The molecule has 19 heteroatoms. The van der Waals surface area contributed by atoms with Gasteiger partial charge in [0.25, 0.3) is 0 Å². The molecule has 91 heavy (non-hydrogen) atoms. The fraction of sp³-hybridized carbons (Fsp3) is 0.944. The van der Waals surface area contributed by atoms with E-state index in [0.29, 0.717) is 37.5 Å². The molecule has 0 spiro atoms. The van der Waals surface area contributed by atoms with Crippen molar-refractivity contribution in [2.24, 2.45) is 23.7 Å². The molecular weight excluding hydrogens is 1200 g/mol. The lowest BCUT2D eigenvalue weighted by Crippen LogP contribution is -2.30. The predicted molar refractivity (Wildman–Crippen MR) is 367 cm³/mol. The van der Waals surface area contributed by atoms with Gasteiger partial charge in [-0.2, -0.15) is 0 Å². The zero-order valence-electron chi connectivity index (χ0n) is 59.5. The molecule has 0 aromatic rings. The van der Waals surface area contributed by atoms with Crippen LogP contribution in [0.3, 0.4) is 0 Å². The van der Waals surface area contributed by atoms with Crippen molar-refractivity contribution >= 4 is 39.5 Å². The molecule has 0 saturated carbocycles. The summed E-state index contributed by atoms with van der Waals surface area (Å²) in [6.45, 7) is 14.0. The van der Waals surface area contributed by atoms with Crippen LogP contribution in [0.25, 0.3) is 0 Å². The Morgan fingerprint density at radius 1 is 0.275 bits per heavy atom. The van der Waals surface area contributed by atoms with Crippen LogP contribution in [0.15, 0.2) is 0 Å². The summed E-state index contributed by atoms with van der Waals surface area (Å²) < 4.78 is 68.3. The summed E-state index contributed by atoms with van der Waals surface area (Å²) >= 11 is 0. The van der Waals surface area contributed by atoms with E-state index in [1.54, 1.807) is 0 Å². The Labute approximate surface area is 556 Å². The fourth-order valence-electron chi connectivity index (χ4n) is 10.8. The van der Waals surface area contributed by atoms with Crippen molar-refractivity contribution in [2.45, 2.75) is 375 Å². The van der Waals surface area contributed by atoms with E-state index in [-0.39, 0.29) is 25.7 Å². The van der Waals surface area contributed by atoms with Gasteiger partial charge >= 0.3 is 39.5 Å². The lowest BCUT2D eigenvalue weighted by atomic mass is 10.0. The number of aliphatic hydroxyl groups is 1. The summed E-state index contributed by atoms with van der Waals surface area (Å²) in [6, 6.07) is 0. The average molecular weight is 1340 g/mol. The molecule has 5 atom stereocenters. The summed E-state index contributed by atoms with van der Waals surface area (Å²) in [7, 11) is -9.90. The SMILES string of the molecule is CC(C)CCCCCCCCCCCCCCCCCCC(=O)OC[C@H](COP(=O)(O)OC[C@@H](O)COP(=O)(O)OC[C@@H](COC(=O)CCCCCCCCC(C)C)OC(=O)CCCCCCCCCC(C)C)OC(=O)CCCCCCCCCCCCC(C)C. The minimum absolute atomic E-state index is 0.102. The Morgan fingerprint density at radius 2 is 0.462 bits per heavy atom. The first-order valence-corrected chi connectivity index (χ1v) is 40.2. The van der Waals surface area contributed by atoms with Gasteiger partial charge in [-0.05, 0) is 49.4 Å². The van der Waals surface area contributed by atoms with Crippen LogP contribution in [-0.2, 0) is 65.4 Å². The third-order valence-corrected chi connectivity index (χ3v) is 18.5. The van der Waals surface area contributed by atoms with E-state index >= 15 is 0 Å². The standard InChI is InChI=1S/C72H140O17P2/c1-62(2)48-40-32-24-19-15-13-11-9-10-12-14-16-21-27-36-44-52-69(74)82-58-67(88-71(76)54-46-38-28-22-18-17-20-25-33-41-49-63(3)4)60-86-90(78,79)84-56-66(73)57-85-91(80,81)87-61-68(59-83-70(75)53-45-37-31-30-35-43-51-65(7)8)89-72(77)55-47-39-29-23-26-34-42-50-64(5)6/h62-68,73H,9-61H2,1-8H3,(H,78,79)(H,80,81)/t66-,67-,68-/m1/s1. The van der Waals surface area contributed by atoms with Gasteiger partial charge < -0.3 is 33.8 Å². The monoisotopic (exact) mass is 1340 g/mol. The predicted octanol–water partition coefficient (Wildman–Crippen LogP) is 20.5. The average Bonchev–Trinajstić information content (AvgIpc) is 2.37. The number of unbranched alkanes of at least 4 members (excludes halogenated alkanes) is 35. The van der Waals surface area contributed by atoms with Crippen molar-refractivity contribution in [2.75, 3.05) is 39.6 Å². The summed E-state index contributed by atoms with van der Waals surface area (Å²) in [4.78, 5) is 72.5. The minimum Gasteiger partial charge on any atom is -0.462 e. The van der Waals surface area contributed by atoms with Gasteiger partial charge in [0.1, 0.15) is 19.3 Å². The molecule has 3 N–H and O–H groups in total. The second kappa shape index (κ2) is 61.6. The number of esters is 4. The van der Waals surface area contributed by atoms with Crippen LogP contribution >= 0.6 is 15.6 Å². The smallest absolute Gasteiger partial charge is 0.462 e. The van der Waals surface area contributed by atoms with Crippen LogP contribution in [0.2, 0.25) is 0 Å². The maximum Gasteiger partial charge on any atom is 0.472 e. The highest BCUT2D eigenvalue weighted by atomic mass is 31.2. The van der Waals surface area contributed by atoms with Gasteiger partial charge in [0.2, 0.25) is 0 Å². The van der Waals surface area contributed by atoms with Gasteiger partial charge in [-0.25, -0.2) is 9.13 Å². The third-order valence-electron chi connectivity index (χ3n) is 16.6. The Bertz CT molecular complexity index is 1800. The molecule has 0 aliphatic carbocycles. The number of rotatable bonds is 69. The van der Waals surface area contributed by atoms with E-state index in [1.807, 2.05) is 0 Å². The van der Waals surface area contributed by atoms with Crippen molar-refractivity contribution in [3.05, 3.63) is 0 Å². The Kier molecular flexibility index (Phi) is 60.3. The lowest BCUT2D eigenvalue weighted by Gasteiger charge is -2.21. The van der Waals surface area contributed by atoms with Crippen molar-refractivity contribution in [3.8, 4) is 0 Å². The van der Waals surface area contributed by atoms with Gasteiger partial charge in [-0.1, -0.05) is 306 Å². The molecule has 0 aromatic heterocycles. The highest BCUT2D eigenvalue weighted by Gasteiger charge is 2.30. The minimum atomic E-state index is -4.95. The number of aliphatic hydroxyl groups excluding tert-OH is 1. The Morgan fingerprint density at radius 3 is 0.681 bits per heavy atom. The van der Waals surface area contributed by atoms with E-state index in [1.165, 1.54) is 154 Å². The zero-order chi connectivity index (χ0) is 67.5. The van der Waals surface area contributed by atoms with Crippen molar-refractivity contribution in [1.29, 1.82) is 0 Å². The Balaban J connectivity index is 5.19. The molecule has 0 amide bonds. The first kappa shape index (κ1) is 89.1. The molecule has 0 rings (SSSR count). The van der Waals surface area contributed by atoms with Gasteiger partial charge in [0.05, 0.1) is 26.4 Å². The van der Waals surface area contributed by atoms with Crippen LogP contribution in [-0.4, -0.2) is 96.7 Å². The summed E-state index contributed by atoms with van der Waals surface area (Å²) in [5, 5.41) is 10.6. The highest BCUT2D eigenvalue weighted by molar-refractivity contribution is 7.47. The molecular formula is C72H140O17P2. The molecule has 540 valence electrons. The fourth-order valence-corrected chi connectivity index (χ4v) is 12.4. The van der Waals surface area contributed by atoms with Crippen LogP contribution in [0.5, 0.6) is 0 Å². The van der Waals surface area contributed by atoms with E-state index in [9.17, 15) is 43.2 Å². The lowest BCUT2D eigenvalue weighted by molar-refractivity contribution is -0.161. The number of ether oxygens (including phenoxy) is 4. The topological polar surface area (TPSA) is 237 Å². The van der Waals surface area contributed by atoms with Crippen LogP contribution in [0, 0.1) is 23.7 Å². The largest absolute Gasteiger partial charge is 0.472 e. The molecule has 0 bridgehead atoms. The van der Waals surface area contributed by atoms with E-state index in [2.05, 4.69) is 55.4 Å². The van der Waals surface area contributed by atoms with E-state index in [4.69, 9.17) is 37.0 Å². The normalized spacial score (nSPS) is 14.2. The summed E-state index contributed by atoms with van der Waals surface area (Å²) in [5.74, 6) is 0.809. The second-order valence-electron chi connectivity index (χ2n) is 27.9. The molecule has 0 fully saturated rings.